The molecule has 4 heteroatoms. The van der Waals surface area contributed by atoms with Crippen LogP contribution in [0, 0.1) is 6.92 Å². The highest BCUT2D eigenvalue weighted by Gasteiger charge is 2.09. The average molecular weight is 330 g/mol. The zero-order chi connectivity index (χ0) is 16.8. The monoisotopic (exact) mass is 329 g/mol. The van der Waals surface area contributed by atoms with Crippen molar-refractivity contribution in [3.05, 3.63) is 64.7 Å². The van der Waals surface area contributed by atoms with Crippen molar-refractivity contribution in [2.75, 3.05) is 6.61 Å². The van der Waals surface area contributed by atoms with Gasteiger partial charge in [-0.2, -0.15) is 0 Å². The Morgan fingerprint density at radius 3 is 2.74 bits per heavy atom. The molecule has 0 fully saturated rings. The topological polar surface area (TPSA) is 41.8 Å². The van der Waals surface area contributed by atoms with E-state index in [0.29, 0.717) is 23.8 Å². The Balaban J connectivity index is 2.35. The van der Waals surface area contributed by atoms with E-state index in [1.54, 1.807) is 18.4 Å². The number of halogens is 1. The Hall–Kier alpha value is -2.26. The molecule has 0 spiro atoms. The summed E-state index contributed by atoms with van der Waals surface area (Å²) in [5.41, 5.74) is 3.40. The van der Waals surface area contributed by atoms with Crippen LogP contribution in [0.5, 0.6) is 11.5 Å². The fourth-order valence-electron chi connectivity index (χ4n) is 2.15. The predicted octanol–water partition coefficient (Wildman–Crippen LogP) is 5.23. The van der Waals surface area contributed by atoms with Crippen molar-refractivity contribution in [3.8, 4) is 11.5 Å². The number of allylic oxidation sites excluding steroid dienone is 1. The molecule has 0 saturated carbocycles. The Bertz CT molecular complexity index is 738. The Kier molecular flexibility index (Phi) is 5.83. The fourth-order valence-corrected chi connectivity index (χ4v) is 2.33. The SMILES string of the molecule is C=CCc1cc(C=Nc2ccc(C)c(Cl)c2)cc(OCC)c1O. The van der Waals surface area contributed by atoms with Gasteiger partial charge in [-0.3, -0.25) is 4.99 Å². The third kappa shape index (κ3) is 4.36. The molecule has 0 radical (unpaired) electrons. The first-order valence-electron chi connectivity index (χ1n) is 7.45. The van der Waals surface area contributed by atoms with Crippen molar-refractivity contribution >= 4 is 23.5 Å². The summed E-state index contributed by atoms with van der Waals surface area (Å²) >= 11 is 6.11. The lowest BCUT2D eigenvalue weighted by molar-refractivity contribution is 0.317. The normalized spacial score (nSPS) is 10.9. The highest BCUT2D eigenvalue weighted by atomic mass is 35.5. The number of ether oxygens (including phenoxy) is 1. The van der Waals surface area contributed by atoms with Crippen LogP contribution in [0.4, 0.5) is 5.69 Å². The van der Waals surface area contributed by atoms with Crippen LogP contribution in [0.1, 0.15) is 23.6 Å². The highest BCUT2D eigenvalue weighted by molar-refractivity contribution is 6.31. The van der Waals surface area contributed by atoms with Gasteiger partial charge in [-0.25, -0.2) is 0 Å². The summed E-state index contributed by atoms with van der Waals surface area (Å²) in [6, 6.07) is 9.30. The van der Waals surface area contributed by atoms with Crippen molar-refractivity contribution in [1.29, 1.82) is 0 Å². The van der Waals surface area contributed by atoms with Gasteiger partial charge in [0.15, 0.2) is 11.5 Å². The van der Waals surface area contributed by atoms with E-state index < -0.39 is 0 Å². The van der Waals surface area contributed by atoms with Gasteiger partial charge in [0.2, 0.25) is 0 Å². The number of hydrogen-bond acceptors (Lipinski definition) is 3. The average Bonchev–Trinajstić information content (AvgIpc) is 2.53. The molecule has 0 unspecified atom stereocenters. The van der Waals surface area contributed by atoms with Crippen molar-refractivity contribution in [2.24, 2.45) is 4.99 Å². The van der Waals surface area contributed by atoms with Crippen molar-refractivity contribution in [1.82, 2.24) is 0 Å². The van der Waals surface area contributed by atoms with E-state index in [4.69, 9.17) is 16.3 Å². The first-order chi connectivity index (χ1) is 11.0. The van der Waals surface area contributed by atoms with Crippen molar-refractivity contribution in [3.63, 3.8) is 0 Å². The van der Waals surface area contributed by atoms with Crippen LogP contribution in [-0.4, -0.2) is 17.9 Å². The summed E-state index contributed by atoms with van der Waals surface area (Å²) in [5.74, 6) is 0.609. The van der Waals surface area contributed by atoms with E-state index in [1.807, 2.05) is 38.1 Å². The number of aromatic hydroxyl groups is 1. The zero-order valence-corrected chi connectivity index (χ0v) is 14.1. The summed E-state index contributed by atoms with van der Waals surface area (Å²) in [6.45, 7) is 8.02. The highest BCUT2D eigenvalue weighted by Crippen LogP contribution is 2.32. The molecule has 3 nitrogen and oxygen atoms in total. The maximum absolute atomic E-state index is 10.2. The van der Waals surface area contributed by atoms with Crippen LogP contribution in [0.15, 0.2) is 48.0 Å². The predicted molar refractivity (Wildman–Crippen MR) is 96.6 cm³/mol. The molecule has 23 heavy (non-hydrogen) atoms. The molecule has 0 amide bonds. The third-order valence-electron chi connectivity index (χ3n) is 3.36. The van der Waals surface area contributed by atoms with Crippen LogP contribution in [0.2, 0.25) is 5.02 Å². The third-order valence-corrected chi connectivity index (χ3v) is 3.77. The number of phenols is 1. The van der Waals surface area contributed by atoms with E-state index >= 15 is 0 Å². The van der Waals surface area contributed by atoms with Gasteiger partial charge in [-0.05, 0) is 55.7 Å². The molecule has 0 saturated heterocycles. The van der Waals surface area contributed by atoms with Gasteiger partial charge in [0.25, 0.3) is 0 Å². The summed E-state index contributed by atoms with van der Waals surface area (Å²) in [4.78, 5) is 4.44. The second-order valence-corrected chi connectivity index (χ2v) is 5.55. The maximum Gasteiger partial charge on any atom is 0.161 e. The van der Waals surface area contributed by atoms with Gasteiger partial charge in [0, 0.05) is 16.8 Å². The molecular weight excluding hydrogens is 310 g/mol. The van der Waals surface area contributed by atoms with E-state index in [-0.39, 0.29) is 5.75 Å². The summed E-state index contributed by atoms with van der Waals surface area (Å²) in [5, 5.41) is 10.9. The van der Waals surface area contributed by atoms with Crippen LogP contribution in [0.3, 0.4) is 0 Å². The number of benzene rings is 2. The zero-order valence-electron chi connectivity index (χ0n) is 13.3. The first kappa shape index (κ1) is 17.1. The number of aryl methyl sites for hydroxylation is 1. The van der Waals surface area contributed by atoms with Gasteiger partial charge in [-0.15, -0.1) is 6.58 Å². The second-order valence-electron chi connectivity index (χ2n) is 5.14. The molecular formula is C19H20ClNO2. The molecule has 2 rings (SSSR count). The minimum atomic E-state index is 0.155. The number of rotatable bonds is 6. The van der Waals surface area contributed by atoms with E-state index in [9.17, 15) is 5.11 Å². The molecule has 0 heterocycles. The molecule has 0 aliphatic rings. The van der Waals surface area contributed by atoms with Gasteiger partial charge in [-0.1, -0.05) is 23.7 Å². The lowest BCUT2D eigenvalue weighted by atomic mass is 10.1. The lowest BCUT2D eigenvalue weighted by Crippen LogP contribution is -1.96. The molecule has 0 aliphatic heterocycles. The number of nitrogens with zero attached hydrogens (tertiary/aromatic N) is 1. The van der Waals surface area contributed by atoms with Crippen LogP contribution >= 0.6 is 11.6 Å². The quantitative estimate of drug-likeness (QED) is 0.582. The molecule has 0 bridgehead atoms. The molecule has 120 valence electrons. The van der Waals surface area contributed by atoms with E-state index in [2.05, 4.69) is 11.6 Å². The largest absolute Gasteiger partial charge is 0.504 e. The number of hydrogen-bond donors (Lipinski definition) is 1. The van der Waals surface area contributed by atoms with Gasteiger partial charge in [0.05, 0.1) is 12.3 Å². The minimum absolute atomic E-state index is 0.155. The minimum Gasteiger partial charge on any atom is -0.504 e. The van der Waals surface area contributed by atoms with Gasteiger partial charge in [0.1, 0.15) is 0 Å². The molecule has 0 aliphatic carbocycles. The Morgan fingerprint density at radius 1 is 1.30 bits per heavy atom. The van der Waals surface area contributed by atoms with Gasteiger partial charge >= 0.3 is 0 Å². The lowest BCUT2D eigenvalue weighted by Gasteiger charge is -2.10. The molecule has 0 atom stereocenters. The van der Waals surface area contributed by atoms with Crippen molar-refractivity contribution < 1.29 is 9.84 Å². The smallest absolute Gasteiger partial charge is 0.161 e. The molecule has 2 aromatic carbocycles. The molecule has 1 N–H and O–H groups in total. The second kappa shape index (κ2) is 7.84. The molecule has 2 aromatic rings. The Morgan fingerprint density at radius 2 is 2.09 bits per heavy atom. The number of phenolic OH excluding ortho intramolecular Hbond substituents is 1. The van der Waals surface area contributed by atoms with E-state index in [1.165, 1.54) is 0 Å². The number of aliphatic imine (C=N–C) groups is 1. The molecule has 0 aromatic heterocycles. The standard InChI is InChI=1S/C19H20ClNO2/c1-4-6-15-9-14(10-18(19(15)22)23-5-2)12-21-16-8-7-13(3)17(20)11-16/h4,7-12,22H,1,5-6H2,2-3H3. The maximum atomic E-state index is 10.2. The Labute approximate surface area is 141 Å². The van der Waals surface area contributed by atoms with E-state index in [0.717, 1.165) is 22.4 Å². The summed E-state index contributed by atoms with van der Waals surface area (Å²) in [7, 11) is 0. The fraction of sp³-hybridized carbons (Fsp3) is 0.211. The van der Waals surface area contributed by atoms with Crippen LogP contribution in [0.25, 0.3) is 0 Å². The van der Waals surface area contributed by atoms with Gasteiger partial charge < -0.3 is 9.84 Å². The van der Waals surface area contributed by atoms with Crippen LogP contribution < -0.4 is 4.74 Å². The summed E-state index contributed by atoms with van der Waals surface area (Å²) < 4.78 is 5.48. The summed E-state index contributed by atoms with van der Waals surface area (Å²) in [6.07, 6.45) is 4.03. The van der Waals surface area contributed by atoms with Crippen molar-refractivity contribution in [2.45, 2.75) is 20.3 Å². The van der Waals surface area contributed by atoms with Crippen LogP contribution in [-0.2, 0) is 6.42 Å². The first-order valence-corrected chi connectivity index (χ1v) is 7.82.